The highest BCUT2D eigenvalue weighted by Gasteiger charge is 2.34. The predicted octanol–water partition coefficient (Wildman–Crippen LogP) is 4.03. The van der Waals surface area contributed by atoms with Gasteiger partial charge in [-0.25, -0.2) is 4.99 Å². The van der Waals surface area contributed by atoms with Crippen molar-refractivity contribution in [2.45, 2.75) is 26.1 Å². The van der Waals surface area contributed by atoms with E-state index in [0.29, 0.717) is 32.0 Å². The Hall–Kier alpha value is -2.74. The van der Waals surface area contributed by atoms with Gasteiger partial charge in [0.25, 0.3) is 0 Å². The Balaban J connectivity index is 1.75. The molecule has 1 aliphatic rings. The van der Waals surface area contributed by atoms with Crippen molar-refractivity contribution in [3.8, 4) is 0 Å². The summed E-state index contributed by atoms with van der Waals surface area (Å²) in [6.45, 7) is 4.06. The van der Waals surface area contributed by atoms with Crippen LogP contribution in [0.4, 0.5) is 24.5 Å². The molecule has 1 heterocycles. The SMILES string of the molecule is CCc1ccc(NC(N)=NCc2ccc(N3CCOCC3)cc2C(F)(F)F)cc1. The van der Waals surface area contributed by atoms with Crippen LogP contribution in [-0.4, -0.2) is 32.3 Å². The second kappa shape index (κ2) is 9.17. The van der Waals surface area contributed by atoms with Crippen LogP contribution in [0.2, 0.25) is 0 Å². The van der Waals surface area contributed by atoms with Gasteiger partial charge in [0.2, 0.25) is 0 Å². The van der Waals surface area contributed by atoms with Gasteiger partial charge >= 0.3 is 6.18 Å². The van der Waals surface area contributed by atoms with Gasteiger partial charge in [-0.15, -0.1) is 0 Å². The number of nitrogens with one attached hydrogen (secondary N) is 1. The maximum atomic E-state index is 13.6. The van der Waals surface area contributed by atoms with E-state index in [1.807, 2.05) is 29.2 Å². The molecule has 2 aromatic rings. The summed E-state index contributed by atoms with van der Waals surface area (Å²) in [5.41, 5.74) is 7.72. The Morgan fingerprint density at radius 2 is 1.83 bits per heavy atom. The summed E-state index contributed by atoms with van der Waals surface area (Å²) in [7, 11) is 0. The molecule has 0 atom stereocenters. The number of nitrogens with zero attached hydrogens (tertiary/aromatic N) is 2. The minimum atomic E-state index is -4.47. The molecule has 1 saturated heterocycles. The fourth-order valence-electron chi connectivity index (χ4n) is 3.17. The molecule has 29 heavy (non-hydrogen) atoms. The van der Waals surface area contributed by atoms with Crippen LogP contribution in [0, 0.1) is 0 Å². The van der Waals surface area contributed by atoms with Crippen molar-refractivity contribution in [2.75, 3.05) is 36.5 Å². The first-order chi connectivity index (χ1) is 13.9. The van der Waals surface area contributed by atoms with E-state index >= 15 is 0 Å². The van der Waals surface area contributed by atoms with E-state index < -0.39 is 11.7 Å². The first-order valence-electron chi connectivity index (χ1n) is 9.55. The standard InChI is InChI=1S/C21H25F3N4O/c1-2-15-3-6-17(7-4-15)27-20(25)26-14-16-5-8-18(13-19(16)21(22,23)24)28-9-11-29-12-10-28/h3-8,13H,2,9-12,14H2,1H3,(H3,25,26,27). The van der Waals surface area contributed by atoms with Crippen LogP contribution >= 0.6 is 0 Å². The summed E-state index contributed by atoms with van der Waals surface area (Å²) in [5.74, 6) is 0.0691. The number of aryl methyl sites for hydroxylation is 1. The van der Waals surface area contributed by atoms with Crippen LogP contribution < -0.4 is 16.0 Å². The van der Waals surface area contributed by atoms with Gasteiger partial charge in [-0.1, -0.05) is 25.1 Å². The molecule has 0 amide bonds. The normalized spacial score (nSPS) is 15.4. The van der Waals surface area contributed by atoms with Crippen LogP contribution in [0.3, 0.4) is 0 Å². The van der Waals surface area contributed by atoms with Crippen LogP contribution in [0.5, 0.6) is 0 Å². The number of alkyl halides is 3. The zero-order valence-electron chi connectivity index (χ0n) is 16.3. The first kappa shape index (κ1) is 21.0. The van der Waals surface area contributed by atoms with Gasteiger partial charge in [-0.05, 0) is 41.8 Å². The lowest BCUT2D eigenvalue weighted by atomic mass is 10.1. The second-order valence-electron chi connectivity index (χ2n) is 6.82. The number of halogens is 3. The minimum absolute atomic E-state index is 0.0691. The Labute approximate surface area is 168 Å². The van der Waals surface area contributed by atoms with Gasteiger partial charge in [0.15, 0.2) is 5.96 Å². The van der Waals surface area contributed by atoms with Crippen molar-refractivity contribution < 1.29 is 17.9 Å². The topological polar surface area (TPSA) is 62.9 Å². The molecule has 0 unspecified atom stereocenters. The molecule has 156 valence electrons. The van der Waals surface area contributed by atoms with E-state index in [2.05, 4.69) is 17.2 Å². The van der Waals surface area contributed by atoms with E-state index in [0.717, 1.165) is 12.1 Å². The third-order valence-electron chi connectivity index (χ3n) is 4.83. The lowest BCUT2D eigenvalue weighted by Gasteiger charge is -2.29. The minimum Gasteiger partial charge on any atom is -0.378 e. The van der Waals surface area contributed by atoms with Gasteiger partial charge in [0.05, 0.1) is 25.3 Å². The fourth-order valence-corrected chi connectivity index (χ4v) is 3.17. The number of benzene rings is 2. The van der Waals surface area contributed by atoms with Crippen molar-refractivity contribution in [3.63, 3.8) is 0 Å². The van der Waals surface area contributed by atoms with Gasteiger partial charge in [-0.3, -0.25) is 0 Å². The molecule has 8 heteroatoms. The largest absolute Gasteiger partial charge is 0.416 e. The average Bonchev–Trinajstić information content (AvgIpc) is 2.72. The molecular weight excluding hydrogens is 381 g/mol. The highest BCUT2D eigenvalue weighted by molar-refractivity contribution is 5.92. The summed E-state index contributed by atoms with van der Waals surface area (Å²) in [6.07, 6.45) is -3.55. The van der Waals surface area contributed by atoms with Crippen LogP contribution in [0.15, 0.2) is 47.5 Å². The highest BCUT2D eigenvalue weighted by Crippen LogP contribution is 2.35. The average molecular weight is 406 g/mol. The van der Waals surface area contributed by atoms with E-state index in [9.17, 15) is 13.2 Å². The summed E-state index contributed by atoms with van der Waals surface area (Å²) in [4.78, 5) is 5.99. The smallest absolute Gasteiger partial charge is 0.378 e. The molecule has 0 saturated carbocycles. The number of nitrogens with two attached hydrogens (primary N) is 1. The molecule has 5 nitrogen and oxygen atoms in total. The molecule has 1 fully saturated rings. The molecule has 2 aromatic carbocycles. The summed E-state index contributed by atoms with van der Waals surface area (Å²) < 4.78 is 46.1. The number of guanidine groups is 1. The lowest BCUT2D eigenvalue weighted by molar-refractivity contribution is -0.138. The zero-order valence-corrected chi connectivity index (χ0v) is 16.3. The Morgan fingerprint density at radius 1 is 1.14 bits per heavy atom. The summed E-state index contributed by atoms with van der Waals surface area (Å²) in [5, 5.41) is 2.91. The number of aliphatic imine (C=N–C) groups is 1. The predicted molar refractivity (Wildman–Crippen MR) is 109 cm³/mol. The molecule has 3 N–H and O–H groups in total. The van der Waals surface area contributed by atoms with Gasteiger partial charge in [0, 0.05) is 24.5 Å². The number of ether oxygens (including phenoxy) is 1. The third kappa shape index (κ3) is 5.63. The number of anilines is 2. The molecule has 0 radical (unpaired) electrons. The Kier molecular flexibility index (Phi) is 6.64. The van der Waals surface area contributed by atoms with Crippen molar-refractivity contribution >= 4 is 17.3 Å². The molecule has 0 spiro atoms. The third-order valence-corrected chi connectivity index (χ3v) is 4.83. The Bertz CT molecular complexity index is 844. The van der Waals surface area contributed by atoms with Crippen LogP contribution in [0.1, 0.15) is 23.6 Å². The monoisotopic (exact) mass is 406 g/mol. The van der Waals surface area contributed by atoms with E-state index in [1.54, 1.807) is 6.07 Å². The first-order valence-corrected chi connectivity index (χ1v) is 9.55. The van der Waals surface area contributed by atoms with Crippen LogP contribution in [0.25, 0.3) is 0 Å². The molecule has 0 bridgehead atoms. The van der Waals surface area contributed by atoms with Gasteiger partial charge < -0.3 is 20.7 Å². The molecule has 3 rings (SSSR count). The lowest BCUT2D eigenvalue weighted by Crippen LogP contribution is -2.36. The summed E-state index contributed by atoms with van der Waals surface area (Å²) in [6, 6.07) is 12.0. The number of morpholine rings is 1. The van der Waals surface area contributed by atoms with Crippen LogP contribution in [-0.2, 0) is 23.9 Å². The van der Waals surface area contributed by atoms with Crippen molar-refractivity contribution in [2.24, 2.45) is 10.7 Å². The summed E-state index contributed by atoms with van der Waals surface area (Å²) >= 11 is 0. The maximum Gasteiger partial charge on any atom is 0.416 e. The fraction of sp³-hybridized carbons (Fsp3) is 0.381. The maximum absolute atomic E-state index is 13.6. The van der Waals surface area contributed by atoms with E-state index in [-0.39, 0.29) is 18.1 Å². The molecule has 0 aromatic heterocycles. The van der Waals surface area contributed by atoms with Crippen molar-refractivity contribution in [3.05, 3.63) is 59.2 Å². The highest BCUT2D eigenvalue weighted by atomic mass is 19.4. The van der Waals surface area contributed by atoms with Crippen molar-refractivity contribution in [1.29, 1.82) is 0 Å². The second-order valence-corrected chi connectivity index (χ2v) is 6.82. The molecular formula is C21H25F3N4O. The zero-order chi connectivity index (χ0) is 20.9. The number of hydrogen-bond donors (Lipinski definition) is 2. The Morgan fingerprint density at radius 3 is 2.45 bits per heavy atom. The van der Waals surface area contributed by atoms with Gasteiger partial charge in [0.1, 0.15) is 0 Å². The quantitative estimate of drug-likeness (QED) is 0.581. The van der Waals surface area contributed by atoms with Gasteiger partial charge in [-0.2, -0.15) is 13.2 Å². The number of rotatable bonds is 5. The van der Waals surface area contributed by atoms with Crippen molar-refractivity contribution in [1.82, 2.24) is 0 Å². The molecule has 1 aliphatic heterocycles. The molecule has 0 aliphatic carbocycles. The van der Waals surface area contributed by atoms with E-state index in [4.69, 9.17) is 10.5 Å². The van der Waals surface area contributed by atoms with E-state index in [1.165, 1.54) is 17.7 Å². The number of hydrogen-bond acceptors (Lipinski definition) is 3.